The van der Waals surface area contributed by atoms with Crippen molar-refractivity contribution >= 4 is 21.6 Å². The molecule has 1 aromatic rings. The highest BCUT2D eigenvalue weighted by Gasteiger charge is 2.39. The highest BCUT2D eigenvalue weighted by Crippen LogP contribution is 2.33. The van der Waals surface area contributed by atoms with Crippen LogP contribution in [-0.2, 0) is 10.0 Å². The molecule has 1 saturated heterocycles. The molecule has 2 rings (SSSR count). The zero-order valence-electron chi connectivity index (χ0n) is 11.2. The standard InChI is InChI=1S/C13H19ClN2O2S/c1-10-3-4-11(7-12(10)14)19(17,18)16-6-5-13(2,8-15)9-16/h3-4,7H,5-6,8-9,15H2,1-2H3. The van der Waals surface area contributed by atoms with Gasteiger partial charge in [-0.3, -0.25) is 0 Å². The summed E-state index contributed by atoms with van der Waals surface area (Å²) < 4.78 is 26.6. The number of nitrogens with zero attached hydrogens (tertiary/aromatic N) is 1. The van der Waals surface area contributed by atoms with E-state index in [2.05, 4.69) is 0 Å². The van der Waals surface area contributed by atoms with Crippen molar-refractivity contribution in [3.05, 3.63) is 28.8 Å². The third-order valence-electron chi connectivity index (χ3n) is 3.80. The Balaban J connectivity index is 2.31. The fraction of sp³-hybridized carbons (Fsp3) is 0.538. The van der Waals surface area contributed by atoms with Crippen LogP contribution in [0, 0.1) is 12.3 Å². The number of benzene rings is 1. The van der Waals surface area contributed by atoms with Gasteiger partial charge >= 0.3 is 0 Å². The summed E-state index contributed by atoms with van der Waals surface area (Å²) in [6.07, 6.45) is 0.794. The van der Waals surface area contributed by atoms with E-state index in [1.165, 1.54) is 10.4 Å². The first-order chi connectivity index (χ1) is 8.78. The van der Waals surface area contributed by atoms with Gasteiger partial charge in [-0.15, -0.1) is 0 Å². The quantitative estimate of drug-likeness (QED) is 0.929. The Kier molecular flexibility index (Phi) is 3.93. The second-order valence-electron chi connectivity index (χ2n) is 5.51. The molecule has 1 fully saturated rings. The van der Waals surface area contributed by atoms with Crippen molar-refractivity contribution in [2.45, 2.75) is 25.2 Å². The maximum absolute atomic E-state index is 12.5. The van der Waals surface area contributed by atoms with Crippen molar-refractivity contribution in [3.8, 4) is 0 Å². The SMILES string of the molecule is Cc1ccc(S(=O)(=O)N2CCC(C)(CN)C2)cc1Cl. The Morgan fingerprint density at radius 2 is 2.16 bits per heavy atom. The van der Waals surface area contributed by atoms with E-state index in [9.17, 15) is 8.42 Å². The van der Waals surface area contributed by atoms with E-state index < -0.39 is 10.0 Å². The Morgan fingerprint density at radius 1 is 1.47 bits per heavy atom. The molecule has 1 aliphatic rings. The normalized spacial score (nSPS) is 24.8. The van der Waals surface area contributed by atoms with E-state index in [1.807, 2.05) is 13.8 Å². The van der Waals surface area contributed by atoms with Crippen molar-refractivity contribution in [2.24, 2.45) is 11.1 Å². The maximum atomic E-state index is 12.5. The molecule has 0 aliphatic carbocycles. The number of hydrogen-bond donors (Lipinski definition) is 1. The highest BCUT2D eigenvalue weighted by atomic mass is 35.5. The summed E-state index contributed by atoms with van der Waals surface area (Å²) in [4.78, 5) is 0.254. The average molecular weight is 303 g/mol. The minimum atomic E-state index is -3.47. The fourth-order valence-electron chi connectivity index (χ4n) is 2.23. The van der Waals surface area contributed by atoms with Gasteiger partial charge < -0.3 is 5.73 Å². The van der Waals surface area contributed by atoms with Crippen LogP contribution in [0.4, 0.5) is 0 Å². The molecule has 0 amide bonds. The lowest BCUT2D eigenvalue weighted by Crippen LogP contribution is -2.34. The predicted octanol–water partition coefficient (Wildman–Crippen LogP) is 2.01. The molecule has 1 aromatic carbocycles. The van der Waals surface area contributed by atoms with E-state index in [0.29, 0.717) is 24.7 Å². The summed E-state index contributed by atoms with van der Waals surface area (Å²) in [6, 6.07) is 4.85. The Bertz CT molecular complexity index is 588. The van der Waals surface area contributed by atoms with E-state index in [0.717, 1.165) is 12.0 Å². The van der Waals surface area contributed by atoms with Gasteiger partial charge in [0.25, 0.3) is 0 Å². The molecular formula is C13H19ClN2O2S. The van der Waals surface area contributed by atoms with Gasteiger partial charge in [0.15, 0.2) is 0 Å². The van der Waals surface area contributed by atoms with E-state index in [-0.39, 0.29) is 10.3 Å². The Labute approximate surface area is 119 Å². The molecule has 19 heavy (non-hydrogen) atoms. The monoisotopic (exact) mass is 302 g/mol. The summed E-state index contributed by atoms with van der Waals surface area (Å²) in [5, 5.41) is 0.474. The first kappa shape index (κ1) is 14.8. The number of halogens is 1. The van der Waals surface area contributed by atoms with Crippen LogP contribution in [0.15, 0.2) is 23.1 Å². The molecule has 0 aromatic heterocycles. The van der Waals surface area contributed by atoms with Crippen molar-refractivity contribution in [1.29, 1.82) is 0 Å². The lowest BCUT2D eigenvalue weighted by atomic mass is 9.90. The Hall–Kier alpha value is -0.620. The molecule has 1 aliphatic heterocycles. The smallest absolute Gasteiger partial charge is 0.243 e. The van der Waals surface area contributed by atoms with Crippen LogP contribution in [0.3, 0.4) is 0 Å². The van der Waals surface area contributed by atoms with Crippen molar-refractivity contribution in [1.82, 2.24) is 4.31 Å². The minimum absolute atomic E-state index is 0.123. The van der Waals surface area contributed by atoms with Gasteiger partial charge in [-0.05, 0) is 43.0 Å². The zero-order chi connectivity index (χ0) is 14.3. The van der Waals surface area contributed by atoms with Crippen LogP contribution in [0.2, 0.25) is 5.02 Å². The van der Waals surface area contributed by atoms with Gasteiger partial charge in [0.05, 0.1) is 4.90 Å². The van der Waals surface area contributed by atoms with Crippen LogP contribution in [0.5, 0.6) is 0 Å². The summed E-state index contributed by atoms with van der Waals surface area (Å²) in [5.74, 6) is 0. The molecule has 4 nitrogen and oxygen atoms in total. The van der Waals surface area contributed by atoms with E-state index in [4.69, 9.17) is 17.3 Å². The number of hydrogen-bond acceptors (Lipinski definition) is 3. The highest BCUT2D eigenvalue weighted by molar-refractivity contribution is 7.89. The Morgan fingerprint density at radius 3 is 2.68 bits per heavy atom. The van der Waals surface area contributed by atoms with E-state index >= 15 is 0 Å². The molecule has 1 heterocycles. The maximum Gasteiger partial charge on any atom is 0.243 e. The molecule has 1 unspecified atom stereocenters. The molecule has 0 bridgehead atoms. The van der Waals surface area contributed by atoms with Gasteiger partial charge in [-0.1, -0.05) is 24.6 Å². The van der Waals surface area contributed by atoms with Crippen molar-refractivity contribution in [3.63, 3.8) is 0 Å². The van der Waals surface area contributed by atoms with Gasteiger partial charge in [0.2, 0.25) is 10.0 Å². The second-order valence-corrected chi connectivity index (χ2v) is 7.86. The summed E-state index contributed by atoms with van der Waals surface area (Å²) in [5.41, 5.74) is 6.46. The van der Waals surface area contributed by atoms with Gasteiger partial charge in [0, 0.05) is 18.1 Å². The summed E-state index contributed by atoms with van der Waals surface area (Å²) >= 11 is 6.01. The number of rotatable bonds is 3. The molecule has 2 N–H and O–H groups in total. The third-order valence-corrected chi connectivity index (χ3v) is 6.05. The second kappa shape index (κ2) is 5.05. The first-order valence-electron chi connectivity index (χ1n) is 6.25. The zero-order valence-corrected chi connectivity index (χ0v) is 12.8. The van der Waals surface area contributed by atoms with Crippen LogP contribution >= 0.6 is 11.6 Å². The molecule has 6 heteroatoms. The molecule has 106 valence electrons. The van der Waals surface area contributed by atoms with Crippen LogP contribution in [-0.4, -0.2) is 32.4 Å². The van der Waals surface area contributed by atoms with Gasteiger partial charge in [-0.2, -0.15) is 4.31 Å². The lowest BCUT2D eigenvalue weighted by Gasteiger charge is -2.22. The first-order valence-corrected chi connectivity index (χ1v) is 8.07. The topological polar surface area (TPSA) is 63.4 Å². The van der Waals surface area contributed by atoms with Crippen LogP contribution < -0.4 is 5.73 Å². The third kappa shape index (κ3) is 2.79. The minimum Gasteiger partial charge on any atom is -0.330 e. The molecule has 0 radical (unpaired) electrons. The molecule has 1 atom stereocenters. The fourth-order valence-corrected chi connectivity index (χ4v) is 4.10. The van der Waals surface area contributed by atoms with Crippen molar-refractivity contribution < 1.29 is 8.42 Å². The van der Waals surface area contributed by atoms with Crippen molar-refractivity contribution in [2.75, 3.05) is 19.6 Å². The number of sulfonamides is 1. The molecule has 0 saturated carbocycles. The number of nitrogens with two attached hydrogens (primary N) is 1. The summed E-state index contributed by atoms with van der Waals surface area (Å²) in [6.45, 7) is 5.34. The lowest BCUT2D eigenvalue weighted by molar-refractivity contribution is 0.349. The van der Waals surface area contributed by atoms with Gasteiger partial charge in [-0.25, -0.2) is 8.42 Å². The largest absolute Gasteiger partial charge is 0.330 e. The molecule has 0 spiro atoms. The number of aryl methyl sites for hydroxylation is 1. The molecular weight excluding hydrogens is 284 g/mol. The van der Waals surface area contributed by atoms with Crippen LogP contribution in [0.25, 0.3) is 0 Å². The van der Waals surface area contributed by atoms with Crippen LogP contribution in [0.1, 0.15) is 18.9 Å². The summed E-state index contributed by atoms with van der Waals surface area (Å²) in [7, 11) is -3.47. The average Bonchev–Trinajstić information content (AvgIpc) is 2.77. The predicted molar refractivity (Wildman–Crippen MR) is 76.7 cm³/mol. The van der Waals surface area contributed by atoms with Gasteiger partial charge in [0.1, 0.15) is 0 Å². The van der Waals surface area contributed by atoms with E-state index in [1.54, 1.807) is 12.1 Å².